The summed E-state index contributed by atoms with van der Waals surface area (Å²) in [7, 11) is 0. The van der Waals surface area contributed by atoms with E-state index in [0.29, 0.717) is 0 Å². The molecule has 0 aliphatic carbocycles. The number of benzene rings is 3. The highest BCUT2D eigenvalue weighted by molar-refractivity contribution is 6.31. The molecule has 1 aliphatic rings. The van der Waals surface area contributed by atoms with Gasteiger partial charge in [0.15, 0.2) is 0 Å². The van der Waals surface area contributed by atoms with Crippen LogP contribution >= 0.6 is 23.2 Å². The molecule has 4 rings (SSSR count). The predicted molar refractivity (Wildman–Crippen MR) is 106 cm³/mol. The lowest BCUT2D eigenvalue weighted by Gasteiger charge is -2.24. The number of rotatable bonds is 3. The van der Waals surface area contributed by atoms with Gasteiger partial charge in [-0.1, -0.05) is 65.7 Å². The normalized spacial score (nSPS) is 16.8. The van der Waals surface area contributed by atoms with Gasteiger partial charge in [0.25, 0.3) is 0 Å². The van der Waals surface area contributed by atoms with E-state index in [1.165, 1.54) is 5.56 Å². The molecule has 0 amide bonds. The quantitative estimate of drug-likeness (QED) is 0.527. The molecule has 1 aliphatic heterocycles. The van der Waals surface area contributed by atoms with E-state index in [4.69, 9.17) is 28.3 Å². The minimum absolute atomic E-state index is 0.160. The summed E-state index contributed by atoms with van der Waals surface area (Å²) in [6.07, 6.45) is 0.842. The maximum atomic E-state index is 6.04. The Morgan fingerprint density at radius 1 is 0.760 bits per heavy atom. The molecule has 3 aromatic carbocycles. The standard InChI is InChI=1S/C21H16Cl2N2/c22-17-8-6-15(7-9-17)20-14-21(16-4-2-1-3-5-16)25(24-20)19-12-10-18(23)11-13-19/h1-13,21H,14H2. The van der Waals surface area contributed by atoms with Crippen LogP contribution in [-0.4, -0.2) is 5.71 Å². The van der Waals surface area contributed by atoms with Crippen molar-refractivity contribution in [1.29, 1.82) is 0 Å². The average molecular weight is 367 g/mol. The summed E-state index contributed by atoms with van der Waals surface area (Å²) in [5, 5.41) is 8.44. The van der Waals surface area contributed by atoms with Crippen LogP contribution in [0, 0.1) is 0 Å². The van der Waals surface area contributed by atoms with Gasteiger partial charge in [-0.2, -0.15) is 5.10 Å². The molecule has 0 saturated heterocycles. The molecule has 3 aromatic rings. The molecule has 0 spiro atoms. The van der Waals surface area contributed by atoms with Gasteiger partial charge in [0, 0.05) is 16.5 Å². The molecule has 2 nitrogen and oxygen atoms in total. The number of anilines is 1. The Morgan fingerprint density at radius 3 is 2.00 bits per heavy atom. The van der Waals surface area contributed by atoms with Crippen molar-refractivity contribution in [2.75, 3.05) is 5.01 Å². The van der Waals surface area contributed by atoms with Gasteiger partial charge in [0.1, 0.15) is 0 Å². The molecular weight excluding hydrogens is 351 g/mol. The molecule has 0 N–H and O–H groups in total. The largest absolute Gasteiger partial charge is 0.257 e. The molecule has 4 heteroatoms. The zero-order valence-electron chi connectivity index (χ0n) is 13.4. The van der Waals surface area contributed by atoms with Gasteiger partial charge < -0.3 is 0 Å². The highest BCUT2D eigenvalue weighted by atomic mass is 35.5. The first-order chi connectivity index (χ1) is 12.2. The van der Waals surface area contributed by atoms with Crippen LogP contribution in [0.3, 0.4) is 0 Å². The van der Waals surface area contributed by atoms with Crippen LogP contribution in [0.4, 0.5) is 5.69 Å². The van der Waals surface area contributed by atoms with Gasteiger partial charge in [0.2, 0.25) is 0 Å². The molecule has 0 fully saturated rings. The molecule has 0 radical (unpaired) electrons. The second kappa shape index (κ2) is 6.91. The first-order valence-corrected chi connectivity index (χ1v) is 8.89. The van der Waals surface area contributed by atoms with Crippen LogP contribution in [-0.2, 0) is 0 Å². The van der Waals surface area contributed by atoms with Crippen molar-refractivity contribution in [3.63, 3.8) is 0 Å². The summed E-state index contributed by atoms with van der Waals surface area (Å²) in [4.78, 5) is 0. The van der Waals surface area contributed by atoms with E-state index in [9.17, 15) is 0 Å². The van der Waals surface area contributed by atoms with E-state index >= 15 is 0 Å². The lowest BCUT2D eigenvalue weighted by atomic mass is 9.98. The van der Waals surface area contributed by atoms with Gasteiger partial charge in [-0.05, 0) is 47.5 Å². The first kappa shape index (κ1) is 16.2. The van der Waals surface area contributed by atoms with E-state index in [1.807, 2.05) is 54.6 Å². The lowest BCUT2D eigenvalue weighted by molar-refractivity contribution is 0.709. The molecule has 0 saturated carbocycles. The van der Waals surface area contributed by atoms with E-state index in [0.717, 1.165) is 33.4 Å². The second-order valence-corrected chi connectivity index (χ2v) is 6.88. The molecule has 0 bridgehead atoms. The van der Waals surface area contributed by atoms with Crippen molar-refractivity contribution in [2.45, 2.75) is 12.5 Å². The molecular formula is C21H16Cl2N2. The summed E-state index contributed by atoms with van der Waals surface area (Å²) in [5.74, 6) is 0. The summed E-state index contributed by atoms with van der Waals surface area (Å²) in [5.41, 5.74) is 4.43. The summed E-state index contributed by atoms with van der Waals surface area (Å²) in [6.45, 7) is 0. The summed E-state index contributed by atoms with van der Waals surface area (Å²) in [6, 6.07) is 26.3. The molecule has 124 valence electrons. The lowest BCUT2D eigenvalue weighted by Crippen LogP contribution is -2.18. The van der Waals surface area contributed by atoms with Gasteiger partial charge >= 0.3 is 0 Å². The minimum Gasteiger partial charge on any atom is -0.257 e. The van der Waals surface area contributed by atoms with Gasteiger partial charge in [-0.15, -0.1) is 0 Å². The first-order valence-electron chi connectivity index (χ1n) is 8.14. The smallest absolute Gasteiger partial charge is 0.0831 e. The summed E-state index contributed by atoms with van der Waals surface area (Å²) >= 11 is 12.1. The Morgan fingerprint density at radius 2 is 1.36 bits per heavy atom. The van der Waals surface area contributed by atoms with Crippen molar-refractivity contribution < 1.29 is 0 Å². The molecule has 1 atom stereocenters. The number of hydrogen-bond donors (Lipinski definition) is 0. The van der Waals surface area contributed by atoms with Crippen LogP contribution in [0.2, 0.25) is 10.0 Å². The number of hydrogen-bond acceptors (Lipinski definition) is 2. The Labute approximate surface area is 157 Å². The topological polar surface area (TPSA) is 15.6 Å². The molecule has 25 heavy (non-hydrogen) atoms. The van der Waals surface area contributed by atoms with E-state index in [2.05, 4.69) is 29.3 Å². The molecule has 1 unspecified atom stereocenters. The van der Waals surface area contributed by atoms with Crippen LogP contribution in [0.15, 0.2) is 84.0 Å². The molecule has 1 heterocycles. The second-order valence-electron chi connectivity index (χ2n) is 6.01. The van der Waals surface area contributed by atoms with Crippen LogP contribution in [0.1, 0.15) is 23.6 Å². The van der Waals surface area contributed by atoms with Crippen molar-refractivity contribution in [2.24, 2.45) is 5.10 Å². The van der Waals surface area contributed by atoms with Crippen molar-refractivity contribution >= 4 is 34.6 Å². The predicted octanol–water partition coefficient (Wildman–Crippen LogP) is 6.35. The maximum Gasteiger partial charge on any atom is 0.0831 e. The molecule has 0 aromatic heterocycles. The monoisotopic (exact) mass is 366 g/mol. The van der Waals surface area contributed by atoms with Crippen molar-refractivity contribution in [1.82, 2.24) is 0 Å². The van der Waals surface area contributed by atoms with Crippen LogP contribution in [0.5, 0.6) is 0 Å². The van der Waals surface area contributed by atoms with E-state index < -0.39 is 0 Å². The van der Waals surface area contributed by atoms with Crippen LogP contribution < -0.4 is 5.01 Å². The van der Waals surface area contributed by atoms with Crippen molar-refractivity contribution in [3.05, 3.63) is 100 Å². The third-order valence-electron chi connectivity index (χ3n) is 4.36. The average Bonchev–Trinajstić information content (AvgIpc) is 3.09. The number of nitrogens with zero attached hydrogens (tertiary/aromatic N) is 2. The Balaban J connectivity index is 1.74. The highest BCUT2D eigenvalue weighted by Crippen LogP contribution is 2.37. The maximum absolute atomic E-state index is 6.04. The van der Waals surface area contributed by atoms with E-state index in [1.54, 1.807) is 0 Å². The highest BCUT2D eigenvalue weighted by Gasteiger charge is 2.29. The van der Waals surface area contributed by atoms with Gasteiger partial charge in [-0.25, -0.2) is 0 Å². The van der Waals surface area contributed by atoms with Gasteiger partial charge in [-0.3, -0.25) is 5.01 Å². The Kier molecular flexibility index (Phi) is 4.48. The van der Waals surface area contributed by atoms with Crippen LogP contribution in [0.25, 0.3) is 0 Å². The number of halogens is 2. The third kappa shape index (κ3) is 3.41. The van der Waals surface area contributed by atoms with Crippen molar-refractivity contribution in [3.8, 4) is 0 Å². The summed E-state index contributed by atoms with van der Waals surface area (Å²) < 4.78 is 0. The SMILES string of the molecule is Clc1ccc(C2=NN(c3ccc(Cl)cc3)C(c3ccccc3)C2)cc1. The zero-order chi connectivity index (χ0) is 17.2. The van der Waals surface area contributed by atoms with Gasteiger partial charge in [0.05, 0.1) is 17.4 Å². The third-order valence-corrected chi connectivity index (χ3v) is 4.87. The zero-order valence-corrected chi connectivity index (χ0v) is 15.0. The fourth-order valence-corrected chi connectivity index (χ4v) is 3.35. The fourth-order valence-electron chi connectivity index (χ4n) is 3.09. The Hall–Kier alpha value is -2.29. The number of hydrazone groups is 1. The fraction of sp³-hybridized carbons (Fsp3) is 0.0952. The minimum atomic E-state index is 0.160. The Bertz CT molecular complexity index is 887. The van der Waals surface area contributed by atoms with E-state index in [-0.39, 0.29) is 6.04 Å².